The second-order valence-electron chi connectivity index (χ2n) is 3.96. The Kier molecular flexibility index (Phi) is 4.25. The molecular formula is C11H16N2O3. The van der Waals surface area contributed by atoms with Gasteiger partial charge in [0.05, 0.1) is 5.56 Å². The van der Waals surface area contributed by atoms with Crippen LogP contribution in [0.5, 0.6) is 0 Å². The highest BCUT2D eigenvalue weighted by Gasteiger charge is 2.11. The number of nitrogens with one attached hydrogen (secondary N) is 1. The molecule has 88 valence electrons. The maximum atomic E-state index is 11.6. The van der Waals surface area contributed by atoms with Crippen molar-refractivity contribution in [1.82, 2.24) is 5.32 Å². The van der Waals surface area contributed by atoms with Crippen molar-refractivity contribution in [2.75, 3.05) is 6.54 Å². The first kappa shape index (κ1) is 12.4. The Labute approximate surface area is 93.6 Å². The van der Waals surface area contributed by atoms with E-state index in [2.05, 4.69) is 9.73 Å². The van der Waals surface area contributed by atoms with Crippen molar-refractivity contribution in [2.45, 2.75) is 19.9 Å². The van der Waals surface area contributed by atoms with Crippen molar-refractivity contribution < 1.29 is 9.21 Å². The van der Waals surface area contributed by atoms with Crippen LogP contribution in [-0.2, 0) is 0 Å². The third kappa shape index (κ3) is 3.51. The molecule has 0 saturated heterocycles. The Morgan fingerprint density at radius 1 is 1.50 bits per heavy atom. The van der Waals surface area contributed by atoms with Gasteiger partial charge in [-0.3, -0.25) is 4.79 Å². The highest BCUT2D eigenvalue weighted by molar-refractivity contribution is 5.93. The number of carbonyl (C=O) groups is 1. The Hall–Kier alpha value is -1.62. The Balaban J connectivity index is 2.53. The van der Waals surface area contributed by atoms with Gasteiger partial charge in [-0.05, 0) is 12.0 Å². The fourth-order valence-corrected chi connectivity index (χ4v) is 1.04. The van der Waals surface area contributed by atoms with Crippen LogP contribution in [0.3, 0.4) is 0 Å². The minimum Gasteiger partial charge on any atom is -0.430 e. The second-order valence-corrected chi connectivity index (χ2v) is 3.96. The zero-order valence-electron chi connectivity index (χ0n) is 9.40. The first-order valence-electron chi connectivity index (χ1n) is 5.13. The van der Waals surface area contributed by atoms with Gasteiger partial charge in [0, 0.05) is 18.7 Å². The largest absolute Gasteiger partial charge is 0.430 e. The average molecular weight is 224 g/mol. The molecule has 1 rings (SSSR count). The van der Waals surface area contributed by atoms with Gasteiger partial charge in [0.15, 0.2) is 0 Å². The van der Waals surface area contributed by atoms with E-state index < -0.39 is 5.63 Å². The summed E-state index contributed by atoms with van der Waals surface area (Å²) in [6.45, 7) is 4.37. The molecule has 1 unspecified atom stereocenters. The molecule has 1 aromatic rings. The van der Waals surface area contributed by atoms with E-state index in [4.69, 9.17) is 5.73 Å². The molecule has 0 radical (unpaired) electrons. The Morgan fingerprint density at radius 3 is 2.69 bits per heavy atom. The summed E-state index contributed by atoms with van der Waals surface area (Å²) in [7, 11) is 0. The number of amides is 1. The molecule has 0 aliphatic rings. The zero-order chi connectivity index (χ0) is 12.1. The van der Waals surface area contributed by atoms with Crippen molar-refractivity contribution in [3.8, 4) is 0 Å². The van der Waals surface area contributed by atoms with Gasteiger partial charge in [-0.2, -0.15) is 0 Å². The summed E-state index contributed by atoms with van der Waals surface area (Å²) in [4.78, 5) is 22.2. The SMILES string of the molecule is CC(C)C(N)CNC(=O)c1ccc(=O)oc1. The van der Waals surface area contributed by atoms with E-state index in [0.29, 0.717) is 18.0 Å². The third-order valence-electron chi connectivity index (χ3n) is 2.32. The minimum atomic E-state index is -0.476. The molecule has 0 aliphatic carbocycles. The van der Waals surface area contributed by atoms with Gasteiger partial charge in [-0.25, -0.2) is 4.79 Å². The van der Waals surface area contributed by atoms with Crippen LogP contribution in [0.1, 0.15) is 24.2 Å². The number of hydrogen-bond acceptors (Lipinski definition) is 4. The lowest BCUT2D eigenvalue weighted by Crippen LogP contribution is -2.40. The molecule has 0 spiro atoms. The lowest BCUT2D eigenvalue weighted by atomic mass is 10.1. The smallest absolute Gasteiger partial charge is 0.335 e. The molecule has 1 heterocycles. The van der Waals surface area contributed by atoms with Crippen LogP contribution in [0.25, 0.3) is 0 Å². The van der Waals surface area contributed by atoms with Crippen molar-refractivity contribution in [1.29, 1.82) is 0 Å². The summed E-state index contributed by atoms with van der Waals surface area (Å²) in [5, 5.41) is 2.67. The molecule has 0 bridgehead atoms. The van der Waals surface area contributed by atoms with Gasteiger partial charge in [0.2, 0.25) is 0 Å². The van der Waals surface area contributed by atoms with E-state index in [1.807, 2.05) is 13.8 Å². The summed E-state index contributed by atoms with van der Waals surface area (Å²) < 4.78 is 4.59. The fourth-order valence-electron chi connectivity index (χ4n) is 1.04. The number of rotatable bonds is 4. The predicted molar refractivity (Wildman–Crippen MR) is 60.1 cm³/mol. The molecule has 5 nitrogen and oxygen atoms in total. The molecule has 16 heavy (non-hydrogen) atoms. The quantitative estimate of drug-likeness (QED) is 0.773. The molecule has 0 fully saturated rings. The maximum absolute atomic E-state index is 11.6. The molecule has 3 N–H and O–H groups in total. The Bertz CT molecular complexity index is 391. The zero-order valence-corrected chi connectivity index (χ0v) is 9.40. The Morgan fingerprint density at radius 2 is 2.19 bits per heavy atom. The van der Waals surface area contributed by atoms with E-state index in [-0.39, 0.29) is 11.9 Å². The average Bonchev–Trinajstić information content (AvgIpc) is 2.26. The third-order valence-corrected chi connectivity index (χ3v) is 2.32. The molecule has 0 aliphatic heterocycles. The highest BCUT2D eigenvalue weighted by atomic mass is 16.4. The van der Waals surface area contributed by atoms with Crippen molar-refractivity contribution in [2.24, 2.45) is 11.7 Å². The van der Waals surface area contributed by atoms with E-state index in [1.54, 1.807) is 0 Å². The van der Waals surface area contributed by atoms with Gasteiger partial charge in [0.1, 0.15) is 6.26 Å². The summed E-state index contributed by atoms with van der Waals surface area (Å²) in [5.74, 6) is 0.00820. The van der Waals surface area contributed by atoms with Crippen LogP contribution in [0.2, 0.25) is 0 Å². The van der Waals surface area contributed by atoms with Gasteiger partial charge in [-0.1, -0.05) is 13.8 Å². The van der Waals surface area contributed by atoms with Crippen molar-refractivity contribution in [3.05, 3.63) is 34.4 Å². The van der Waals surface area contributed by atoms with Crippen molar-refractivity contribution in [3.63, 3.8) is 0 Å². The topological polar surface area (TPSA) is 85.3 Å². The summed E-state index contributed by atoms with van der Waals surface area (Å²) >= 11 is 0. The molecule has 0 aromatic carbocycles. The van der Waals surface area contributed by atoms with E-state index >= 15 is 0 Å². The first-order chi connectivity index (χ1) is 7.50. The minimum absolute atomic E-state index is 0.0836. The van der Waals surface area contributed by atoms with Crippen LogP contribution in [0.4, 0.5) is 0 Å². The van der Waals surface area contributed by atoms with E-state index in [9.17, 15) is 9.59 Å². The van der Waals surface area contributed by atoms with Crippen LogP contribution in [-0.4, -0.2) is 18.5 Å². The molecule has 0 saturated carbocycles. The van der Waals surface area contributed by atoms with E-state index in [1.165, 1.54) is 12.1 Å². The summed E-state index contributed by atoms with van der Waals surface area (Å²) in [5.41, 5.74) is 5.62. The monoisotopic (exact) mass is 224 g/mol. The van der Waals surface area contributed by atoms with Crippen LogP contribution >= 0.6 is 0 Å². The number of hydrogen-bond donors (Lipinski definition) is 2. The van der Waals surface area contributed by atoms with Crippen LogP contribution < -0.4 is 16.7 Å². The van der Waals surface area contributed by atoms with Crippen LogP contribution in [0.15, 0.2) is 27.6 Å². The van der Waals surface area contributed by atoms with Crippen molar-refractivity contribution >= 4 is 5.91 Å². The highest BCUT2D eigenvalue weighted by Crippen LogP contribution is 1.98. The maximum Gasteiger partial charge on any atom is 0.335 e. The van der Waals surface area contributed by atoms with E-state index in [0.717, 1.165) is 6.26 Å². The molecular weight excluding hydrogens is 208 g/mol. The predicted octanol–water partition coefficient (Wildman–Crippen LogP) is 0.353. The van der Waals surface area contributed by atoms with Gasteiger partial charge >= 0.3 is 5.63 Å². The lowest BCUT2D eigenvalue weighted by molar-refractivity contribution is 0.0947. The van der Waals surface area contributed by atoms with Gasteiger partial charge in [-0.15, -0.1) is 0 Å². The normalized spacial score (nSPS) is 12.5. The summed E-state index contributed by atoms with van der Waals surface area (Å²) in [6.07, 6.45) is 1.14. The fraction of sp³-hybridized carbons (Fsp3) is 0.455. The number of carbonyl (C=O) groups excluding carboxylic acids is 1. The lowest BCUT2D eigenvalue weighted by Gasteiger charge is -2.15. The molecule has 1 amide bonds. The molecule has 1 atom stereocenters. The number of nitrogens with two attached hydrogens (primary N) is 1. The molecule has 1 aromatic heterocycles. The van der Waals surface area contributed by atoms with Gasteiger partial charge < -0.3 is 15.5 Å². The summed E-state index contributed by atoms with van der Waals surface area (Å²) in [6, 6.07) is 2.54. The standard InChI is InChI=1S/C11H16N2O3/c1-7(2)9(12)5-13-11(15)8-3-4-10(14)16-6-8/h3-4,6-7,9H,5,12H2,1-2H3,(H,13,15). The second kappa shape index (κ2) is 5.46. The molecule has 5 heteroatoms. The van der Waals surface area contributed by atoms with Crippen LogP contribution in [0, 0.1) is 5.92 Å². The van der Waals surface area contributed by atoms with Gasteiger partial charge in [0.25, 0.3) is 5.91 Å². The first-order valence-corrected chi connectivity index (χ1v) is 5.13.